The zero-order valence-electron chi connectivity index (χ0n) is 14.4. The first-order valence-electron chi connectivity index (χ1n) is 8.58. The number of nitrogens with one attached hydrogen (secondary N) is 1. The van der Waals surface area contributed by atoms with E-state index in [9.17, 15) is 9.59 Å². The third-order valence-corrected chi connectivity index (χ3v) is 5.12. The SMILES string of the molecule is CC(=O)N1CC(Nc2cncc(N3CCc4cc(Cl)ccc4C3=O)c2)C1. The number of rotatable bonds is 3. The number of fused-ring (bicyclic) bond motifs is 1. The molecule has 4 rings (SSSR count). The molecule has 7 heteroatoms. The highest BCUT2D eigenvalue weighted by molar-refractivity contribution is 6.30. The van der Waals surface area contributed by atoms with E-state index in [0.717, 1.165) is 23.4 Å². The van der Waals surface area contributed by atoms with Gasteiger partial charge in [-0.2, -0.15) is 0 Å². The fourth-order valence-electron chi connectivity index (χ4n) is 3.42. The molecule has 0 unspecified atom stereocenters. The van der Waals surface area contributed by atoms with Crippen LogP contribution >= 0.6 is 11.6 Å². The Balaban J connectivity index is 1.49. The van der Waals surface area contributed by atoms with Gasteiger partial charge in [0.1, 0.15) is 0 Å². The van der Waals surface area contributed by atoms with Crippen molar-refractivity contribution < 1.29 is 9.59 Å². The Bertz CT molecular complexity index is 880. The number of anilines is 2. The van der Waals surface area contributed by atoms with Gasteiger partial charge in [0, 0.05) is 37.1 Å². The molecule has 1 saturated heterocycles. The van der Waals surface area contributed by atoms with Crippen molar-refractivity contribution in [3.63, 3.8) is 0 Å². The largest absolute Gasteiger partial charge is 0.377 e. The van der Waals surface area contributed by atoms with Crippen molar-refractivity contribution in [1.29, 1.82) is 0 Å². The maximum atomic E-state index is 12.8. The second-order valence-electron chi connectivity index (χ2n) is 6.71. The predicted molar refractivity (Wildman–Crippen MR) is 101 cm³/mol. The number of pyridine rings is 1. The van der Waals surface area contributed by atoms with Gasteiger partial charge < -0.3 is 15.1 Å². The fraction of sp³-hybridized carbons (Fsp3) is 0.316. The quantitative estimate of drug-likeness (QED) is 0.901. The molecule has 2 aromatic rings. The number of benzene rings is 1. The molecule has 0 radical (unpaired) electrons. The Kier molecular flexibility index (Phi) is 4.28. The minimum absolute atomic E-state index is 0.0340. The third kappa shape index (κ3) is 3.12. The number of likely N-dealkylation sites (tertiary alicyclic amines) is 1. The third-order valence-electron chi connectivity index (χ3n) is 4.88. The second kappa shape index (κ2) is 6.61. The predicted octanol–water partition coefficient (Wildman–Crippen LogP) is 2.58. The highest BCUT2D eigenvalue weighted by Gasteiger charge is 2.29. The normalized spacial score (nSPS) is 16.9. The molecule has 2 aliphatic heterocycles. The van der Waals surface area contributed by atoms with Crippen molar-refractivity contribution in [2.24, 2.45) is 0 Å². The van der Waals surface area contributed by atoms with Crippen LogP contribution in [0.5, 0.6) is 0 Å². The molecule has 0 saturated carbocycles. The van der Waals surface area contributed by atoms with Crippen molar-refractivity contribution in [2.75, 3.05) is 29.9 Å². The molecule has 2 aliphatic rings. The molecule has 134 valence electrons. The Morgan fingerprint density at radius 1 is 1.27 bits per heavy atom. The molecule has 6 nitrogen and oxygen atoms in total. The summed E-state index contributed by atoms with van der Waals surface area (Å²) in [4.78, 5) is 31.9. The van der Waals surface area contributed by atoms with E-state index in [-0.39, 0.29) is 17.9 Å². The van der Waals surface area contributed by atoms with E-state index < -0.39 is 0 Å². The fourth-order valence-corrected chi connectivity index (χ4v) is 3.62. The number of hydrogen-bond acceptors (Lipinski definition) is 4. The number of aromatic nitrogens is 1. The van der Waals surface area contributed by atoms with Crippen molar-refractivity contribution in [1.82, 2.24) is 9.88 Å². The first kappa shape index (κ1) is 16.8. The number of nitrogens with zero attached hydrogens (tertiary/aromatic N) is 3. The van der Waals surface area contributed by atoms with Crippen molar-refractivity contribution >= 4 is 34.8 Å². The second-order valence-corrected chi connectivity index (χ2v) is 7.14. The van der Waals surface area contributed by atoms with E-state index in [1.54, 1.807) is 41.2 Å². The molecule has 1 aromatic heterocycles. The molecular formula is C19H19ClN4O2. The summed E-state index contributed by atoms with van der Waals surface area (Å²) in [5.41, 5.74) is 3.30. The van der Waals surface area contributed by atoms with Crippen LogP contribution in [0.3, 0.4) is 0 Å². The van der Waals surface area contributed by atoms with Gasteiger partial charge in [-0.15, -0.1) is 0 Å². The van der Waals surface area contributed by atoms with E-state index in [1.807, 2.05) is 12.1 Å². The summed E-state index contributed by atoms with van der Waals surface area (Å²) in [7, 11) is 0. The summed E-state index contributed by atoms with van der Waals surface area (Å²) in [5.74, 6) is 0.0564. The maximum absolute atomic E-state index is 12.8. The first-order chi connectivity index (χ1) is 12.5. The standard InChI is InChI=1S/C19H19ClN4O2/c1-12(25)23-10-16(11-23)22-15-7-17(9-21-8-15)24-5-4-13-6-14(20)2-3-18(13)19(24)26/h2-3,6-9,16,22H,4-5,10-11H2,1H3. The molecular weight excluding hydrogens is 352 g/mol. The average Bonchev–Trinajstić information content (AvgIpc) is 2.58. The van der Waals surface area contributed by atoms with E-state index in [0.29, 0.717) is 30.2 Å². The Morgan fingerprint density at radius 2 is 2.08 bits per heavy atom. The van der Waals surface area contributed by atoms with Crippen LogP contribution in [0.2, 0.25) is 5.02 Å². The summed E-state index contributed by atoms with van der Waals surface area (Å²) >= 11 is 6.03. The van der Waals surface area contributed by atoms with Gasteiger partial charge in [0.25, 0.3) is 5.91 Å². The lowest BCUT2D eigenvalue weighted by molar-refractivity contribution is -0.132. The first-order valence-corrected chi connectivity index (χ1v) is 8.96. The highest BCUT2D eigenvalue weighted by Crippen LogP contribution is 2.28. The monoisotopic (exact) mass is 370 g/mol. The number of halogens is 1. The average molecular weight is 371 g/mol. The van der Waals surface area contributed by atoms with Crippen molar-refractivity contribution in [2.45, 2.75) is 19.4 Å². The lowest BCUT2D eigenvalue weighted by Crippen LogP contribution is -2.56. The van der Waals surface area contributed by atoms with E-state index in [1.165, 1.54) is 0 Å². The summed E-state index contributed by atoms with van der Waals surface area (Å²) in [6, 6.07) is 7.54. The number of carbonyl (C=O) groups excluding carboxylic acids is 2. The molecule has 0 aliphatic carbocycles. The van der Waals surface area contributed by atoms with Crippen LogP contribution in [0, 0.1) is 0 Å². The smallest absolute Gasteiger partial charge is 0.258 e. The van der Waals surface area contributed by atoms with Gasteiger partial charge in [-0.1, -0.05) is 11.6 Å². The number of amides is 2. The van der Waals surface area contributed by atoms with Crippen molar-refractivity contribution in [3.05, 3.63) is 52.8 Å². The lowest BCUT2D eigenvalue weighted by atomic mass is 9.99. The van der Waals surface area contributed by atoms with Crippen molar-refractivity contribution in [3.8, 4) is 0 Å². The van der Waals surface area contributed by atoms with Gasteiger partial charge in [0.15, 0.2) is 0 Å². The highest BCUT2D eigenvalue weighted by atomic mass is 35.5. The number of carbonyl (C=O) groups is 2. The molecule has 0 bridgehead atoms. The van der Waals surface area contributed by atoms with Crippen LogP contribution in [-0.2, 0) is 11.2 Å². The summed E-state index contributed by atoms with van der Waals surface area (Å²) < 4.78 is 0. The van der Waals surface area contributed by atoms with Crippen LogP contribution in [0.15, 0.2) is 36.7 Å². The molecule has 1 fully saturated rings. The van der Waals surface area contributed by atoms with Crippen LogP contribution in [0.25, 0.3) is 0 Å². The lowest BCUT2D eigenvalue weighted by Gasteiger charge is -2.39. The summed E-state index contributed by atoms with van der Waals surface area (Å²) in [6.07, 6.45) is 4.20. The van der Waals surface area contributed by atoms with Crippen LogP contribution in [0.4, 0.5) is 11.4 Å². The van der Waals surface area contributed by atoms with Gasteiger partial charge in [-0.05, 0) is 36.2 Å². The Hall–Kier alpha value is -2.60. The zero-order chi connectivity index (χ0) is 18.3. The minimum Gasteiger partial charge on any atom is -0.377 e. The molecule has 1 N–H and O–H groups in total. The van der Waals surface area contributed by atoms with E-state index in [4.69, 9.17) is 11.6 Å². The molecule has 1 aromatic carbocycles. The minimum atomic E-state index is -0.0340. The van der Waals surface area contributed by atoms with E-state index >= 15 is 0 Å². The van der Waals surface area contributed by atoms with Gasteiger partial charge in [0.05, 0.1) is 29.8 Å². The molecule has 3 heterocycles. The van der Waals surface area contributed by atoms with Crippen LogP contribution in [-0.4, -0.2) is 47.4 Å². The molecule has 0 atom stereocenters. The zero-order valence-corrected chi connectivity index (χ0v) is 15.2. The van der Waals surface area contributed by atoms with Crippen LogP contribution in [0.1, 0.15) is 22.8 Å². The topological polar surface area (TPSA) is 65.5 Å². The van der Waals surface area contributed by atoms with Gasteiger partial charge >= 0.3 is 0 Å². The van der Waals surface area contributed by atoms with Gasteiger partial charge in [-0.25, -0.2) is 0 Å². The molecule has 26 heavy (non-hydrogen) atoms. The maximum Gasteiger partial charge on any atom is 0.258 e. The summed E-state index contributed by atoms with van der Waals surface area (Å²) in [5, 5.41) is 4.02. The van der Waals surface area contributed by atoms with Crippen LogP contribution < -0.4 is 10.2 Å². The Labute approximate surface area is 156 Å². The number of hydrogen-bond donors (Lipinski definition) is 1. The summed E-state index contributed by atoms with van der Waals surface area (Å²) in [6.45, 7) is 3.55. The van der Waals surface area contributed by atoms with Gasteiger partial charge in [-0.3, -0.25) is 14.6 Å². The van der Waals surface area contributed by atoms with Gasteiger partial charge in [0.2, 0.25) is 5.91 Å². The molecule has 2 amide bonds. The Morgan fingerprint density at radius 3 is 2.85 bits per heavy atom. The van der Waals surface area contributed by atoms with E-state index in [2.05, 4.69) is 10.3 Å². The molecule has 0 spiro atoms.